The molecule has 0 atom stereocenters. The van der Waals surface area contributed by atoms with E-state index in [0.717, 1.165) is 24.3 Å². The molecule has 15 heavy (non-hydrogen) atoms. The Labute approximate surface area is 91.5 Å². The van der Waals surface area contributed by atoms with Crippen LogP contribution in [-0.4, -0.2) is 31.3 Å². The SMILES string of the molecule is COC(=O)c1nc(C2=CCOCC2)cs1. The van der Waals surface area contributed by atoms with Gasteiger partial charge >= 0.3 is 5.97 Å². The number of ether oxygens (including phenoxy) is 2. The summed E-state index contributed by atoms with van der Waals surface area (Å²) in [5, 5.41) is 2.28. The minimum atomic E-state index is -0.376. The summed E-state index contributed by atoms with van der Waals surface area (Å²) in [7, 11) is 1.36. The molecule has 0 N–H and O–H groups in total. The highest BCUT2D eigenvalue weighted by Crippen LogP contribution is 2.23. The van der Waals surface area contributed by atoms with Gasteiger partial charge in [0.2, 0.25) is 5.01 Å². The molecule has 1 aliphatic heterocycles. The predicted molar refractivity (Wildman–Crippen MR) is 56.9 cm³/mol. The molecule has 0 spiro atoms. The standard InChI is InChI=1S/C10H11NO3S/c1-13-10(12)9-11-8(6-15-9)7-2-4-14-5-3-7/h2,6H,3-5H2,1H3. The molecule has 0 unspecified atom stereocenters. The first-order valence-electron chi connectivity index (χ1n) is 4.62. The van der Waals surface area contributed by atoms with Crippen molar-refractivity contribution in [2.24, 2.45) is 0 Å². The van der Waals surface area contributed by atoms with Crippen molar-refractivity contribution < 1.29 is 14.3 Å². The number of nitrogens with zero attached hydrogens (tertiary/aromatic N) is 1. The van der Waals surface area contributed by atoms with Crippen molar-refractivity contribution in [2.75, 3.05) is 20.3 Å². The topological polar surface area (TPSA) is 48.4 Å². The summed E-state index contributed by atoms with van der Waals surface area (Å²) < 4.78 is 9.81. The van der Waals surface area contributed by atoms with Gasteiger partial charge < -0.3 is 9.47 Å². The minimum absolute atomic E-state index is 0.376. The highest BCUT2D eigenvalue weighted by molar-refractivity contribution is 7.11. The molecule has 2 heterocycles. The van der Waals surface area contributed by atoms with Crippen LogP contribution >= 0.6 is 11.3 Å². The second-order valence-electron chi connectivity index (χ2n) is 3.08. The number of carbonyl (C=O) groups excluding carboxylic acids is 1. The van der Waals surface area contributed by atoms with Gasteiger partial charge in [0.15, 0.2) is 0 Å². The Hall–Kier alpha value is -1.20. The van der Waals surface area contributed by atoms with E-state index in [9.17, 15) is 4.79 Å². The highest BCUT2D eigenvalue weighted by Gasteiger charge is 2.14. The summed E-state index contributed by atoms with van der Waals surface area (Å²) in [6.45, 7) is 1.34. The average molecular weight is 225 g/mol. The number of methoxy groups -OCH3 is 1. The second-order valence-corrected chi connectivity index (χ2v) is 3.94. The molecule has 1 aliphatic rings. The number of hydrogen-bond acceptors (Lipinski definition) is 5. The zero-order valence-corrected chi connectivity index (χ0v) is 9.17. The van der Waals surface area contributed by atoms with Crippen LogP contribution in [0, 0.1) is 0 Å². The van der Waals surface area contributed by atoms with Crippen LogP contribution < -0.4 is 0 Å². The van der Waals surface area contributed by atoms with Gasteiger partial charge in [0.05, 0.1) is 26.0 Å². The van der Waals surface area contributed by atoms with E-state index in [1.165, 1.54) is 18.4 Å². The predicted octanol–water partition coefficient (Wildman–Crippen LogP) is 1.73. The molecule has 0 fully saturated rings. The smallest absolute Gasteiger partial charge is 0.367 e. The number of esters is 1. The number of carbonyl (C=O) groups is 1. The van der Waals surface area contributed by atoms with E-state index in [2.05, 4.69) is 9.72 Å². The molecule has 4 nitrogen and oxygen atoms in total. The summed E-state index contributed by atoms with van der Waals surface area (Å²) in [5.41, 5.74) is 2.01. The van der Waals surface area contributed by atoms with Crippen molar-refractivity contribution in [3.8, 4) is 0 Å². The van der Waals surface area contributed by atoms with Crippen molar-refractivity contribution in [3.63, 3.8) is 0 Å². The molecule has 0 aromatic carbocycles. The minimum Gasteiger partial charge on any atom is -0.464 e. The summed E-state index contributed by atoms with van der Waals surface area (Å²) in [6.07, 6.45) is 2.85. The summed E-state index contributed by atoms with van der Waals surface area (Å²) >= 11 is 1.31. The molecule has 80 valence electrons. The van der Waals surface area contributed by atoms with Gasteiger partial charge in [-0.3, -0.25) is 0 Å². The Morgan fingerprint density at radius 2 is 2.53 bits per heavy atom. The zero-order valence-electron chi connectivity index (χ0n) is 8.36. The van der Waals surface area contributed by atoms with Crippen molar-refractivity contribution >= 4 is 22.9 Å². The average Bonchev–Trinajstić information content (AvgIpc) is 2.78. The van der Waals surface area contributed by atoms with E-state index in [-0.39, 0.29) is 5.97 Å². The summed E-state index contributed by atoms with van der Waals surface area (Å²) in [4.78, 5) is 15.4. The number of rotatable bonds is 2. The van der Waals surface area contributed by atoms with Crippen molar-refractivity contribution in [1.82, 2.24) is 4.98 Å². The van der Waals surface area contributed by atoms with Gasteiger partial charge in [0.25, 0.3) is 0 Å². The first kappa shape index (κ1) is 10.3. The van der Waals surface area contributed by atoms with Gasteiger partial charge in [0.1, 0.15) is 0 Å². The fourth-order valence-electron chi connectivity index (χ4n) is 1.36. The summed E-state index contributed by atoms with van der Waals surface area (Å²) in [5.74, 6) is -0.376. The van der Waals surface area contributed by atoms with Crippen LogP contribution in [0.5, 0.6) is 0 Å². The third-order valence-corrected chi connectivity index (χ3v) is 2.98. The first-order valence-corrected chi connectivity index (χ1v) is 5.50. The Bertz CT molecular complexity index is 397. The second kappa shape index (κ2) is 4.55. The summed E-state index contributed by atoms with van der Waals surface area (Å²) in [6, 6.07) is 0. The van der Waals surface area contributed by atoms with E-state index in [1.54, 1.807) is 0 Å². The van der Waals surface area contributed by atoms with Crippen LogP contribution in [0.2, 0.25) is 0 Å². The maximum atomic E-state index is 11.2. The van der Waals surface area contributed by atoms with Gasteiger partial charge in [0, 0.05) is 5.38 Å². The van der Waals surface area contributed by atoms with Crippen LogP contribution in [0.4, 0.5) is 0 Å². The van der Waals surface area contributed by atoms with E-state index >= 15 is 0 Å². The normalized spacial score (nSPS) is 15.9. The molecule has 0 amide bonds. The molecule has 0 saturated carbocycles. The maximum absolute atomic E-state index is 11.2. The van der Waals surface area contributed by atoms with E-state index in [4.69, 9.17) is 4.74 Å². The van der Waals surface area contributed by atoms with Gasteiger partial charge in [-0.1, -0.05) is 6.08 Å². The molecule has 5 heteroatoms. The first-order chi connectivity index (χ1) is 7.31. The lowest BCUT2D eigenvalue weighted by molar-refractivity contribution is 0.0600. The van der Waals surface area contributed by atoms with Crippen LogP contribution in [0.1, 0.15) is 21.9 Å². The van der Waals surface area contributed by atoms with Crippen molar-refractivity contribution in [1.29, 1.82) is 0 Å². The molecule has 1 aromatic rings. The molecular weight excluding hydrogens is 214 g/mol. The highest BCUT2D eigenvalue weighted by atomic mass is 32.1. The molecule has 0 radical (unpaired) electrons. The number of aromatic nitrogens is 1. The Balaban J connectivity index is 2.19. The Kier molecular flexibility index (Phi) is 3.13. The van der Waals surface area contributed by atoms with Gasteiger partial charge in [-0.05, 0) is 12.0 Å². The maximum Gasteiger partial charge on any atom is 0.367 e. The molecule has 0 saturated heterocycles. The fraction of sp³-hybridized carbons (Fsp3) is 0.400. The molecule has 2 rings (SSSR count). The fourth-order valence-corrected chi connectivity index (χ4v) is 2.12. The zero-order chi connectivity index (χ0) is 10.7. The van der Waals surface area contributed by atoms with Gasteiger partial charge in [-0.15, -0.1) is 11.3 Å². The van der Waals surface area contributed by atoms with E-state index in [1.807, 2.05) is 11.5 Å². The van der Waals surface area contributed by atoms with E-state index in [0.29, 0.717) is 11.6 Å². The van der Waals surface area contributed by atoms with Gasteiger partial charge in [-0.2, -0.15) is 0 Å². The third kappa shape index (κ3) is 2.24. The van der Waals surface area contributed by atoms with Crippen molar-refractivity contribution in [2.45, 2.75) is 6.42 Å². The van der Waals surface area contributed by atoms with Crippen LogP contribution in [0.25, 0.3) is 5.57 Å². The van der Waals surface area contributed by atoms with Gasteiger partial charge in [-0.25, -0.2) is 9.78 Å². The monoisotopic (exact) mass is 225 g/mol. The van der Waals surface area contributed by atoms with Crippen LogP contribution in [0.3, 0.4) is 0 Å². The largest absolute Gasteiger partial charge is 0.464 e. The number of thiazole rings is 1. The third-order valence-electron chi connectivity index (χ3n) is 2.16. The molecule has 0 bridgehead atoms. The molecular formula is C10H11NO3S. The Morgan fingerprint density at radius 3 is 3.20 bits per heavy atom. The van der Waals surface area contributed by atoms with Crippen LogP contribution in [0.15, 0.2) is 11.5 Å². The lowest BCUT2D eigenvalue weighted by Gasteiger charge is -2.10. The van der Waals surface area contributed by atoms with Crippen molar-refractivity contribution in [3.05, 3.63) is 22.2 Å². The Morgan fingerprint density at radius 1 is 1.67 bits per heavy atom. The lowest BCUT2D eigenvalue weighted by Crippen LogP contribution is -2.05. The van der Waals surface area contributed by atoms with Crippen LogP contribution in [-0.2, 0) is 9.47 Å². The lowest BCUT2D eigenvalue weighted by atomic mass is 10.1. The number of hydrogen-bond donors (Lipinski definition) is 0. The molecule has 1 aromatic heterocycles. The quantitative estimate of drug-likeness (QED) is 0.719. The molecule has 0 aliphatic carbocycles. The van der Waals surface area contributed by atoms with E-state index < -0.39 is 0 Å².